The Bertz CT molecular complexity index is 489. The average Bonchev–Trinajstić information content (AvgIpc) is 2.52. The fourth-order valence-electron chi connectivity index (χ4n) is 1.41. The lowest BCUT2D eigenvalue weighted by Crippen LogP contribution is -2.04. The summed E-state index contributed by atoms with van der Waals surface area (Å²) in [6, 6.07) is 0.284. The van der Waals surface area contributed by atoms with Crippen molar-refractivity contribution in [2.24, 2.45) is 0 Å². The summed E-state index contributed by atoms with van der Waals surface area (Å²) in [6.07, 6.45) is 8.61. The highest BCUT2D eigenvalue weighted by Gasteiger charge is 2.10. The molecule has 1 heterocycles. The molecule has 0 spiro atoms. The van der Waals surface area contributed by atoms with E-state index in [2.05, 4.69) is 9.97 Å². The largest absolute Gasteiger partial charge is 0.509 e. The number of aliphatic hydroxyl groups is 2. The van der Waals surface area contributed by atoms with Crippen molar-refractivity contribution >= 4 is 5.57 Å². The molecule has 0 saturated carbocycles. The second kappa shape index (κ2) is 4.80. The molecule has 2 rings (SSSR count). The summed E-state index contributed by atoms with van der Waals surface area (Å²) in [6.45, 7) is 0. The molecule has 0 bridgehead atoms. The van der Waals surface area contributed by atoms with Crippen LogP contribution < -0.4 is 4.74 Å². The Kier molecular flexibility index (Phi) is 3.20. The number of ether oxygens (including phenoxy) is 1. The average molecular weight is 232 g/mol. The summed E-state index contributed by atoms with van der Waals surface area (Å²) >= 11 is 0. The molecule has 88 valence electrons. The van der Waals surface area contributed by atoms with Crippen molar-refractivity contribution in [1.82, 2.24) is 9.97 Å². The van der Waals surface area contributed by atoms with E-state index < -0.39 is 6.10 Å². The van der Waals surface area contributed by atoms with Gasteiger partial charge in [-0.1, -0.05) is 12.2 Å². The first kappa shape index (κ1) is 11.3. The number of rotatable bonds is 2. The van der Waals surface area contributed by atoms with Gasteiger partial charge < -0.3 is 14.9 Å². The predicted octanol–water partition coefficient (Wildman–Crippen LogP) is 1.24. The molecule has 1 aliphatic rings. The van der Waals surface area contributed by atoms with Gasteiger partial charge in [0.05, 0.1) is 7.11 Å². The van der Waals surface area contributed by atoms with Gasteiger partial charge in [-0.2, -0.15) is 0 Å². The summed E-state index contributed by atoms with van der Waals surface area (Å²) in [7, 11) is 1.49. The maximum absolute atomic E-state index is 9.54. The minimum Gasteiger partial charge on any atom is -0.509 e. The predicted molar refractivity (Wildman–Crippen MR) is 62.4 cm³/mol. The van der Waals surface area contributed by atoms with Crippen molar-refractivity contribution in [3.8, 4) is 6.01 Å². The fraction of sp³-hybridized carbons (Fsp3) is 0.167. The summed E-state index contributed by atoms with van der Waals surface area (Å²) in [4.78, 5) is 7.95. The van der Waals surface area contributed by atoms with Crippen LogP contribution in [0.4, 0.5) is 0 Å². The van der Waals surface area contributed by atoms with Gasteiger partial charge >= 0.3 is 6.01 Å². The van der Waals surface area contributed by atoms with E-state index >= 15 is 0 Å². The first-order valence-corrected chi connectivity index (χ1v) is 5.04. The molecule has 1 unspecified atom stereocenters. The van der Waals surface area contributed by atoms with E-state index in [0.717, 1.165) is 11.1 Å². The van der Waals surface area contributed by atoms with E-state index in [4.69, 9.17) is 4.74 Å². The number of nitrogens with zero attached hydrogens (tertiary/aromatic N) is 2. The van der Waals surface area contributed by atoms with Gasteiger partial charge in [-0.3, -0.25) is 0 Å². The molecule has 0 aliphatic heterocycles. The molecule has 0 fully saturated rings. The molecule has 17 heavy (non-hydrogen) atoms. The van der Waals surface area contributed by atoms with Crippen LogP contribution in [-0.2, 0) is 0 Å². The van der Waals surface area contributed by atoms with Gasteiger partial charge in [-0.15, -0.1) is 0 Å². The topological polar surface area (TPSA) is 75.5 Å². The number of aliphatic hydroxyl groups excluding tert-OH is 2. The molecule has 1 atom stereocenters. The monoisotopic (exact) mass is 232 g/mol. The molecule has 0 amide bonds. The molecule has 0 aromatic carbocycles. The molecule has 1 aromatic rings. The molecule has 2 N–H and O–H groups in total. The molecule has 5 nitrogen and oxygen atoms in total. The Hall–Kier alpha value is -2.14. The number of methoxy groups -OCH3 is 1. The van der Waals surface area contributed by atoms with Crippen molar-refractivity contribution in [1.29, 1.82) is 0 Å². The van der Waals surface area contributed by atoms with Gasteiger partial charge in [0.1, 0.15) is 11.9 Å². The molecule has 0 saturated heterocycles. The highest BCUT2D eigenvalue weighted by atomic mass is 16.5. The Balaban J connectivity index is 2.33. The number of hydrogen-bond donors (Lipinski definition) is 2. The van der Waals surface area contributed by atoms with Gasteiger partial charge in [-0.25, -0.2) is 9.97 Å². The first-order chi connectivity index (χ1) is 8.20. The molecule has 0 radical (unpaired) electrons. The van der Waals surface area contributed by atoms with Crippen LogP contribution in [0, 0.1) is 0 Å². The standard InChI is InChI=1S/C12H12N2O3/c1-17-12-13-6-9(7-14-12)8-3-2-4-10(15)11(16)5-8/h2-7,10,15-16H,1H3. The maximum Gasteiger partial charge on any atom is 0.316 e. The SMILES string of the molecule is COc1ncc(C2=CC=CC(O)C(O)=C2)cn1. The highest BCUT2D eigenvalue weighted by molar-refractivity contribution is 5.75. The van der Waals surface area contributed by atoms with Crippen LogP contribution >= 0.6 is 0 Å². The molecule has 5 heteroatoms. The smallest absolute Gasteiger partial charge is 0.316 e. The minimum atomic E-state index is -0.970. The van der Waals surface area contributed by atoms with E-state index in [1.165, 1.54) is 19.3 Å². The lowest BCUT2D eigenvalue weighted by atomic mass is 10.1. The zero-order chi connectivity index (χ0) is 12.3. The van der Waals surface area contributed by atoms with E-state index in [9.17, 15) is 10.2 Å². The van der Waals surface area contributed by atoms with E-state index in [-0.39, 0.29) is 11.8 Å². The normalized spacial score (nSPS) is 19.3. The lowest BCUT2D eigenvalue weighted by molar-refractivity contribution is 0.193. The van der Waals surface area contributed by atoms with Gasteiger partial charge in [0, 0.05) is 18.0 Å². The Morgan fingerprint density at radius 1 is 1.29 bits per heavy atom. The third kappa shape index (κ3) is 2.51. The summed E-state index contributed by atoms with van der Waals surface area (Å²) in [5, 5.41) is 19.0. The zero-order valence-electron chi connectivity index (χ0n) is 9.24. The second-order valence-corrected chi connectivity index (χ2v) is 3.48. The molecule has 1 aromatic heterocycles. The van der Waals surface area contributed by atoms with Crippen LogP contribution in [0.3, 0.4) is 0 Å². The van der Waals surface area contributed by atoms with Crippen LogP contribution in [0.2, 0.25) is 0 Å². The van der Waals surface area contributed by atoms with Gasteiger partial charge in [0.25, 0.3) is 0 Å². The van der Waals surface area contributed by atoms with Crippen LogP contribution in [0.1, 0.15) is 5.56 Å². The highest BCUT2D eigenvalue weighted by Crippen LogP contribution is 2.20. The van der Waals surface area contributed by atoms with Gasteiger partial charge in [-0.05, 0) is 17.7 Å². The number of aromatic nitrogens is 2. The van der Waals surface area contributed by atoms with Crippen molar-refractivity contribution in [3.63, 3.8) is 0 Å². The lowest BCUT2D eigenvalue weighted by Gasteiger charge is -2.04. The van der Waals surface area contributed by atoms with Crippen LogP contribution in [-0.4, -0.2) is 33.4 Å². The maximum atomic E-state index is 9.54. The van der Waals surface area contributed by atoms with E-state index in [1.54, 1.807) is 24.5 Å². The van der Waals surface area contributed by atoms with Gasteiger partial charge in [0.2, 0.25) is 0 Å². The van der Waals surface area contributed by atoms with Crippen molar-refractivity contribution in [2.45, 2.75) is 6.10 Å². The Morgan fingerprint density at radius 3 is 2.65 bits per heavy atom. The second-order valence-electron chi connectivity index (χ2n) is 3.48. The Labute approximate surface area is 98.4 Å². The fourth-order valence-corrected chi connectivity index (χ4v) is 1.41. The van der Waals surface area contributed by atoms with Crippen molar-refractivity contribution < 1.29 is 14.9 Å². The number of hydrogen-bond acceptors (Lipinski definition) is 5. The summed E-state index contributed by atoms with van der Waals surface area (Å²) in [5.41, 5.74) is 1.45. The van der Waals surface area contributed by atoms with Gasteiger partial charge in [0.15, 0.2) is 0 Å². The van der Waals surface area contributed by atoms with Crippen molar-refractivity contribution in [2.75, 3.05) is 7.11 Å². The third-order valence-corrected chi connectivity index (χ3v) is 2.32. The summed E-state index contributed by atoms with van der Waals surface area (Å²) < 4.78 is 4.86. The van der Waals surface area contributed by atoms with Crippen molar-refractivity contribution in [3.05, 3.63) is 48.0 Å². The molecular formula is C12H12N2O3. The number of allylic oxidation sites excluding steroid dienone is 4. The van der Waals surface area contributed by atoms with E-state index in [1.807, 2.05) is 0 Å². The molecule has 1 aliphatic carbocycles. The third-order valence-electron chi connectivity index (χ3n) is 2.32. The molecular weight excluding hydrogens is 220 g/mol. The van der Waals surface area contributed by atoms with Crippen LogP contribution in [0.15, 0.2) is 42.5 Å². The first-order valence-electron chi connectivity index (χ1n) is 5.04. The van der Waals surface area contributed by atoms with Crippen LogP contribution in [0.5, 0.6) is 6.01 Å². The van der Waals surface area contributed by atoms with Crippen LogP contribution in [0.25, 0.3) is 5.57 Å². The zero-order valence-corrected chi connectivity index (χ0v) is 9.24. The summed E-state index contributed by atoms with van der Waals surface area (Å²) in [5.74, 6) is -0.110. The Morgan fingerprint density at radius 2 is 2.00 bits per heavy atom. The quantitative estimate of drug-likeness (QED) is 0.802. The minimum absolute atomic E-state index is 0.110. The van der Waals surface area contributed by atoms with E-state index in [0.29, 0.717) is 0 Å².